The number of imide groups is 1. The highest BCUT2D eigenvalue weighted by Gasteiger charge is 2.34. The first-order valence-electron chi connectivity index (χ1n) is 8.64. The van der Waals surface area contributed by atoms with Gasteiger partial charge in [0.2, 0.25) is 5.91 Å². The van der Waals surface area contributed by atoms with Crippen LogP contribution in [0.25, 0.3) is 0 Å². The molecule has 0 aromatic heterocycles. The first kappa shape index (κ1) is 18.7. The second-order valence-corrected chi connectivity index (χ2v) is 6.52. The van der Waals surface area contributed by atoms with Gasteiger partial charge in [0.25, 0.3) is 11.8 Å². The number of thiocarbonyl (C=S) groups is 1. The molecule has 2 N–H and O–H groups in total. The summed E-state index contributed by atoms with van der Waals surface area (Å²) in [6.07, 6.45) is 0.918. The summed E-state index contributed by atoms with van der Waals surface area (Å²) in [6, 6.07) is 14.4. The van der Waals surface area contributed by atoms with Crippen LogP contribution < -0.4 is 10.6 Å². The van der Waals surface area contributed by atoms with Crippen molar-refractivity contribution < 1.29 is 14.4 Å². The number of hydrogen-bond donors (Lipinski definition) is 2. The van der Waals surface area contributed by atoms with Gasteiger partial charge in [0, 0.05) is 18.7 Å². The number of nitrogens with zero attached hydrogens (tertiary/aromatic N) is 1. The van der Waals surface area contributed by atoms with E-state index >= 15 is 0 Å². The van der Waals surface area contributed by atoms with E-state index in [0.29, 0.717) is 11.1 Å². The molecule has 2 aromatic carbocycles. The monoisotopic (exact) mass is 381 g/mol. The van der Waals surface area contributed by atoms with Gasteiger partial charge in [0.15, 0.2) is 5.11 Å². The molecule has 6 nitrogen and oxygen atoms in total. The number of amides is 3. The van der Waals surface area contributed by atoms with Crippen LogP contribution >= 0.6 is 12.2 Å². The Labute approximate surface area is 162 Å². The minimum Gasteiger partial charge on any atom is -0.332 e. The third kappa shape index (κ3) is 4.20. The van der Waals surface area contributed by atoms with Crippen LogP contribution in [-0.4, -0.2) is 34.3 Å². The average Bonchev–Trinajstić information content (AvgIpc) is 2.91. The number of rotatable bonds is 5. The Morgan fingerprint density at radius 2 is 1.59 bits per heavy atom. The minimum atomic E-state index is -0.375. The Kier molecular flexibility index (Phi) is 5.61. The Morgan fingerprint density at radius 3 is 2.15 bits per heavy atom. The molecule has 138 valence electrons. The molecular formula is C20H19N3O3S. The molecule has 0 saturated heterocycles. The van der Waals surface area contributed by atoms with E-state index in [9.17, 15) is 14.4 Å². The maximum atomic E-state index is 12.3. The molecule has 0 atom stereocenters. The van der Waals surface area contributed by atoms with Crippen molar-refractivity contribution in [1.29, 1.82) is 0 Å². The van der Waals surface area contributed by atoms with Gasteiger partial charge in [-0.15, -0.1) is 0 Å². The van der Waals surface area contributed by atoms with Crippen molar-refractivity contribution >= 4 is 40.7 Å². The van der Waals surface area contributed by atoms with Gasteiger partial charge in [0.05, 0.1) is 11.1 Å². The zero-order valence-electron chi connectivity index (χ0n) is 14.8. The lowest BCUT2D eigenvalue weighted by Crippen LogP contribution is -2.38. The van der Waals surface area contributed by atoms with Gasteiger partial charge in [0.1, 0.15) is 0 Å². The maximum Gasteiger partial charge on any atom is 0.261 e. The average molecular weight is 381 g/mol. The Hall–Kier alpha value is -3.06. The van der Waals surface area contributed by atoms with Crippen molar-refractivity contribution in [3.05, 3.63) is 65.2 Å². The minimum absolute atomic E-state index is 0.00594. The number of carbonyl (C=O) groups is 3. The van der Waals surface area contributed by atoms with E-state index in [2.05, 4.69) is 17.6 Å². The summed E-state index contributed by atoms with van der Waals surface area (Å²) < 4.78 is 0. The number of hydrogen-bond acceptors (Lipinski definition) is 4. The zero-order valence-corrected chi connectivity index (χ0v) is 15.6. The molecule has 1 aliphatic rings. The summed E-state index contributed by atoms with van der Waals surface area (Å²) in [5.74, 6) is -1.12. The molecule has 0 saturated carbocycles. The standard InChI is InChI=1S/C20H19N3O3S/c1-2-13-7-9-14(10-8-13)21-20(27)22-17(24)11-12-23-18(25)15-5-3-4-6-16(15)19(23)26/h3-10H,2,11-12H2,1H3,(H2,21,22,24,27). The van der Waals surface area contributed by atoms with Crippen LogP contribution in [0, 0.1) is 0 Å². The molecule has 0 radical (unpaired) electrons. The molecule has 0 unspecified atom stereocenters. The van der Waals surface area contributed by atoms with E-state index in [1.807, 2.05) is 24.3 Å². The lowest BCUT2D eigenvalue weighted by atomic mass is 10.1. The molecule has 7 heteroatoms. The van der Waals surface area contributed by atoms with E-state index in [0.717, 1.165) is 17.0 Å². The number of nitrogens with one attached hydrogen (secondary N) is 2. The van der Waals surface area contributed by atoms with Gasteiger partial charge >= 0.3 is 0 Å². The molecule has 3 rings (SSSR count). The van der Waals surface area contributed by atoms with E-state index in [-0.39, 0.29) is 35.8 Å². The van der Waals surface area contributed by atoms with Crippen LogP contribution in [0.3, 0.4) is 0 Å². The first-order valence-corrected chi connectivity index (χ1v) is 9.05. The van der Waals surface area contributed by atoms with Crippen molar-refractivity contribution in [3.63, 3.8) is 0 Å². The SMILES string of the molecule is CCc1ccc(NC(=S)NC(=O)CCN2C(=O)c3ccccc3C2=O)cc1. The lowest BCUT2D eigenvalue weighted by molar-refractivity contribution is -0.119. The smallest absolute Gasteiger partial charge is 0.261 e. The van der Waals surface area contributed by atoms with Gasteiger partial charge in [-0.3, -0.25) is 19.3 Å². The molecule has 27 heavy (non-hydrogen) atoms. The molecular weight excluding hydrogens is 362 g/mol. The number of aryl methyl sites for hydroxylation is 1. The van der Waals surface area contributed by atoms with E-state index in [1.165, 1.54) is 5.56 Å². The Morgan fingerprint density at radius 1 is 1.00 bits per heavy atom. The molecule has 2 aromatic rings. The first-order chi connectivity index (χ1) is 13.0. The fourth-order valence-corrected chi connectivity index (χ4v) is 3.06. The van der Waals surface area contributed by atoms with Crippen molar-refractivity contribution in [2.75, 3.05) is 11.9 Å². The van der Waals surface area contributed by atoms with Crippen molar-refractivity contribution in [3.8, 4) is 0 Å². The van der Waals surface area contributed by atoms with Crippen molar-refractivity contribution in [2.45, 2.75) is 19.8 Å². The predicted octanol–water partition coefficient (Wildman–Crippen LogP) is 2.75. The van der Waals surface area contributed by atoms with E-state index in [4.69, 9.17) is 12.2 Å². The normalized spacial score (nSPS) is 12.7. The van der Waals surface area contributed by atoms with Gasteiger partial charge in [-0.25, -0.2) is 0 Å². The van der Waals surface area contributed by atoms with Crippen LogP contribution in [0.4, 0.5) is 5.69 Å². The van der Waals surface area contributed by atoms with Crippen LogP contribution in [0.2, 0.25) is 0 Å². The zero-order chi connectivity index (χ0) is 19.4. The number of benzene rings is 2. The highest BCUT2D eigenvalue weighted by Crippen LogP contribution is 2.22. The highest BCUT2D eigenvalue weighted by atomic mass is 32.1. The van der Waals surface area contributed by atoms with Gasteiger partial charge in [-0.1, -0.05) is 31.2 Å². The van der Waals surface area contributed by atoms with Crippen LogP contribution in [-0.2, 0) is 11.2 Å². The van der Waals surface area contributed by atoms with Crippen molar-refractivity contribution in [2.24, 2.45) is 0 Å². The van der Waals surface area contributed by atoms with Crippen molar-refractivity contribution in [1.82, 2.24) is 10.2 Å². The van der Waals surface area contributed by atoms with E-state index < -0.39 is 0 Å². The van der Waals surface area contributed by atoms with Gasteiger partial charge in [-0.2, -0.15) is 0 Å². The van der Waals surface area contributed by atoms with Gasteiger partial charge < -0.3 is 10.6 Å². The third-order valence-electron chi connectivity index (χ3n) is 4.31. The van der Waals surface area contributed by atoms with Gasteiger partial charge in [-0.05, 0) is 48.5 Å². The summed E-state index contributed by atoms with van der Waals surface area (Å²) >= 11 is 5.14. The summed E-state index contributed by atoms with van der Waals surface area (Å²) in [7, 11) is 0. The summed E-state index contributed by atoms with van der Waals surface area (Å²) in [4.78, 5) is 37.7. The number of anilines is 1. The third-order valence-corrected chi connectivity index (χ3v) is 4.52. The fourth-order valence-electron chi connectivity index (χ4n) is 2.83. The summed E-state index contributed by atoms with van der Waals surface area (Å²) in [6.45, 7) is 2.08. The molecule has 0 spiro atoms. The molecule has 1 aliphatic heterocycles. The molecule has 0 aliphatic carbocycles. The molecule has 0 fully saturated rings. The Balaban J connectivity index is 1.50. The lowest BCUT2D eigenvalue weighted by Gasteiger charge is -2.14. The molecule has 3 amide bonds. The highest BCUT2D eigenvalue weighted by molar-refractivity contribution is 7.80. The maximum absolute atomic E-state index is 12.3. The van der Waals surface area contributed by atoms with Crippen LogP contribution in [0.15, 0.2) is 48.5 Å². The second kappa shape index (κ2) is 8.09. The second-order valence-electron chi connectivity index (χ2n) is 6.11. The van der Waals surface area contributed by atoms with Crippen LogP contribution in [0.1, 0.15) is 39.6 Å². The fraction of sp³-hybridized carbons (Fsp3) is 0.200. The summed E-state index contributed by atoms with van der Waals surface area (Å²) in [5.41, 5.74) is 2.72. The summed E-state index contributed by atoms with van der Waals surface area (Å²) in [5, 5.41) is 5.67. The van der Waals surface area contributed by atoms with Crippen LogP contribution in [0.5, 0.6) is 0 Å². The topological polar surface area (TPSA) is 78.5 Å². The van der Waals surface area contributed by atoms with E-state index in [1.54, 1.807) is 24.3 Å². The largest absolute Gasteiger partial charge is 0.332 e. The number of carbonyl (C=O) groups excluding carboxylic acids is 3. The molecule has 0 bridgehead atoms. The predicted molar refractivity (Wildman–Crippen MR) is 107 cm³/mol. The quantitative estimate of drug-likeness (QED) is 0.615. The molecule has 1 heterocycles. The number of fused-ring (bicyclic) bond motifs is 1. The Bertz CT molecular complexity index is 874.